The van der Waals surface area contributed by atoms with E-state index in [2.05, 4.69) is 47.6 Å². The quantitative estimate of drug-likeness (QED) is 0.520. The van der Waals surface area contributed by atoms with Crippen molar-refractivity contribution in [1.29, 1.82) is 0 Å². The van der Waals surface area contributed by atoms with E-state index in [0.717, 1.165) is 17.8 Å². The third-order valence-corrected chi connectivity index (χ3v) is 2.75. The molecular formula is C19H32N2. The molecule has 0 radical (unpaired) electrons. The van der Waals surface area contributed by atoms with Crippen LogP contribution in [0.15, 0.2) is 36.5 Å². The van der Waals surface area contributed by atoms with Gasteiger partial charge in [0, 0.05) is 19.7 Å². The molecule has 0 spiro atoms. The van der Waals surface area contributed by atoms with Gasteiger partial charge in [-0.15, -0.1) is 0 Å². The van der Waals surface area contributed by atoms with E-state index in [9.17, 15) is 0 Å². The lowest BCUT2D eigenvalue weighted by Gasteiger charge is -2.20. The molecule has 0 atom stereocenters. The summed E-state index contributed by atoms with van der Waals surface area (Å²) < 4.78 is 0. The Balaban J connectivity index is 0. The minimum atomic E-state index is 0. The van der Waals surface area contributed by atoms with Crippen molar-refractivity contribution < 1.29 is 1.43 Å². The second-order valence-electron chi connectivity index (χ2n) is 3.97. The molecule has 0 aliphatic carbocycles. The average molecular weight is 288 g/mol. The molecule has 1 aliphatic rings. The summed E-state index contributed by atoms with van der Waals surface area (Å²) in [6, 6.07) is 10.5. The zero-order valence-corrected chi connectivity index (χ0v) is 14.6. The zero-order chi connectivity index (χ0) is 16.3. The third kappa shape index (κ3) is 5.22. The maximum Gasteiger partial charge on any atom is 0.0682 e. The van der Waals surface area contributed by atoms with E-state index < -0.39 is 0 Å². The number of nitrogens with zero attached hydrogens (tertiary/aromatic N) is 1. The van der Waals surface area contributed by atoms with Crippen LogP contribution in [0.3, 0.4) is 0 Å². The Hall–Kier alpha value is -1.83. The van der Waals surface area contributed by atoms with Crippen molar-refractivity contribution in [2.24, 2.45) is 0 Å². The maximum atomic E-state index is 4.46. The van der Waals surface area contributed by atoms with E-state index in [1.807, 2.05) is 47.7 Å². The van der Waals surface area contributed by atoms with Crippen molar-refractivity contribution in [3.8, 4) is 0 Å². The number of para-hydroxylation sites is 1. The lowest BCUT2D eigenvalue weighted by Crippen LogP contribution is -2.08. The van der Waals surface area contributed by atoms with Crippen LogP contribution in [0.4, 0.5) is 11.4 Å². The smallest absolute Gasteiger partial charge is 0.0682 e. The first-order valence-electron chi connectivity index (χ1n) is 8.13. The molecule has 1 aliphatic heterocycles. The van der Waals surface area contributed by atoms with Crippen molar-refractivity contribution in [2.45, 2.75) is 54.9 Å². The topological polar surface area (TPSA) is 24.9 Å². The van der Waals surface area contributed by atoms with Gasteiger partial charge in [-0.05, 0) is 30.2 Å². The summed E-state index contributed by atoms with van der Waals surface area (Å²) >= 11 is 0. The Morgan fingerprint density at radius 2 is 1.57 bits per heavy atom. The van der Waals surface area contributed by atoms with Gasteiger partial charge in [0.2, 0.25) is 0 Å². The van der Waals surface area contributed by atoms with Crippen molar-refractivity contribution in [1.82, 2.24) is 4.98 Å². The first-order valence-corrected chi connectivity index (χ1v) is 8.13. The Bertz CT molecular complexity index is 525. The fourth-order valence-electron chi connectivity index (χ4n) is 1.97. The van der Waals surface area contributed by atoms with Gasteiger partial charge < -0.3 is 5.32 Å². The molecule has 3 rings (SSSR count). The van der Waals surface area contributed by atoms with Gasteiger partial charge in [-0.1, -0.05) is 59.7 Å². The first kappa shape index (κ1) is 19.2. The second-order valence-corrected chi connectivity index (χ2v) is 3.97. The number of nitrogens with one attached hydrogen (secondary N) is 1. The van der Waals surface area contributed by atoms with E-state index in [0.29, 0.717) is 0 Å². The van der Waals surface area contributed by atoms with Crippen molar-refractivity contribution in [3.05, 3.63) is 53.3 Å². The molecule has 21 heavy (non-hydrogen) atoms. The zero-order valence-electron chi connectivity index (χ0n) is 14.6. The van der Waals surface area contributed by atoms with Gasteiger partial charge in [-0.3, -0.25) is 4.98 Å². The van der Waals surface area contributed by atoms with Gasteiger partial charge >= 0.3 is 0 Å². The normalized spacial score (nSPS) is 9.86. The summed E-state index contributed by atoms with van der Waals surface area (Å²) in [7, 11) is 0. The standard InChI is InChI=1S/C13H12N2.3C2H6.H2/c1-9-6-13-12(14-8-9)7-10-4-2-3-5-11(10)15-13;3*1-2;/h2-6,8,15H,7H2,1H3;3*1-2H3;1H. The molecule has 2 heterocycles. The Labute approximate surface area is 132 Å². The fourth-order valence-corrected chi connectivity index (χ4v) is 1.97. The minimum Gasteiger partial charge on any atom is -0.354 e. The second kappa shape index (κ2) is 10.9. The van der Waals surface area contributed by atoms with Crippen LogP contribution in [0.2, 0.25) is 0 Å². The summed E-state index contributed by atoms with van der Waals surface area (Å²) in [5, 5.41) is 3.42. The molecule has 2 nitrogen and oxygen atoms in total. The Morgan fingerprint density at radius 1 is 0.952 bits per heavy atom. The van der Waals surface area contributed by atoms with Crippen LogP contribution in [0.5, 0.6) is 0 Å². The molecule has 2 aromatic rings. The van der Waals surface area contributed by atoms with Crippen molar-refractivity contribution >= 4 is 11.4 Å². The molecule has 1 aromatic heterocycles. The highest BCUT2D eigenvalue weighted by molar-refractivity contribution is 5.70. The monoisotopic (exact) mass is 288 g/mol. The molecule has 118 valence electrons. The number of aryl methyl sites for hydroxylation is 1. The molecule has 0 unspecified atom stereocenters. The van der Waals surface area contributed by atoms with Crippen LogP contribution >= 0.6 is 0 Å². The first-order chi connectivity index (χ1) is 10.3. The van der Waals surface area contributed by atoms with Crippen molar-refractivity contribution in [2.75, 3.05) is 5.32 Å². The van der Waals surface area contributed by atoms with Gasteiger partial charge in [0.1, 0.15) is 0 Å². The van der Waals surface area contributed by atoms with E-state index >= 15 is 0 Å². The highest BCUT2D eigenvalue weighted by atomic mass is 14.9. The Morgan fingerprint density at radius 3 is 2.24 bits per heavy atom. The van der Waals surface area contributed by atoms with E-state index in [-0.39, 0.29) is 1.43 Å². The number of benzene rings is 1. The number of fused-ring (bicyclic) bond motifs is 2. The molecule has 0 saturated heterocycles. The average Bonchev–Trinajstić information content (AvgIpc) is 2.58. The van der Waals surface area contributed by atoms with Crippen LogP contribution in [-0.2, 0) is 6.42 Å². The number of pyridine rings is 1. The highest BCUT2D eigenvalue weighted by Gasteiger charge is 2.14. The van der Waals surface area contributed by atoms with Gasteiger partial charge in [-0.2, -0.15) is 0 Å². The summed E-state index contributed by atoms with van der Waals surface area (Å²) in [6.07, 6.45) is 2.85. The number of anilines is 2. The fraction of sp³-hybridized carbons (Fsp3) is 0.421. The van der Waals surface area contributed by atoms with E-state index in [1.54, 1.807) is 0 Å². The lowest BCUT2D eigenvalue weighted by molar-refractivity contribution is 1.04. The summed E-state index contributed by atoms with van der Waals surface area (Å²) in [6.45, 7) is 14.1. The maximum absolute atomic E-state index is 4.46. The lowest BCUT2D eigenvalue weighted by atomic mass is 10.0. The van der Waals surface area contributed by atoms with Crippen LogP contribution in [0.25, 0.3) is 0 Å². The van der Waals surface area contributed by atoms with Crippen molar-refractivity contribution in [3.63, 3.8) is 0 Å². The predicted octanol–water partition coefficient (Wildman–Crippen LogP) is 6.36. The van der Waals surface area contributed by atoms with Crippen LogP contribution < -0.4 is 5.32 Å². The molecule has 0 amide bonds. The van der Waals surface area contributed by atoms with E-state index in [4.69, 9.17) is 0 Å². The minimum absolute atomic E-state index is 0. The third-order valence-electron chi connectivity index (χ3n) is 2.75. The van der Waals surface area contributed by atoms with Crippen LogP contribution in [0, 0.1) is 6.92 Å². The van der Waals surface area contributed by atoms with Gasteiger partial charge in [0.05, 0.1) is 11.4 Å². The summed E-state index contributed by atoms with van der Waals surface area (Å²) in [4.78, 5) is 4.46. The molecule has 1 N–H and O–H groups in total. The summed E-state index contributed by atoms with van der Waals surface area (Å²) in [5.74, 6) is 0. The molecule has 0 fully saturated rings. The number of hydrogen-bond acceptors (Lipinski definition) is 2. The molecule has 1 aromatic carbocycles. The van der Waals surface area contributed by atoms with Gasteiger partial charge in [0.25, 0.3) is 0 Å². The summed E-state index contributed by atoms with van der Waals surface area (Å²) in [5.41, 5.74) is 6.01. The van der Waals surface area contributed by atoms with Gasteiger partial charge in [-0.25, -0.2) is 0 Å². The SMILES string of the molecule is CC.CC.CC.Cc1cnc2c(c1)Nc1ccccc1C2.[HH]. The number of rotatable bonds is 0. The predicted molar refractivity (Wildman–Crippen MR) is 97.7 cm³/mol. The Kier molecular flexibility index (Phi) is 9.95. The van der Waals surface area contributed by atoms with E-state index in [1.165, 1.54) is 16.8 Å². The molecule has 2 heteroatoms. The van der Waals surface area contributed by atoms with Crippen LogP contribution in [0.1, 0.15) is 59.8 Å². The van der Waals surface area contributed by atoms with Crippen LogP contribution in [-0.4, -0.2) is 4.98 Å². The molecule has 0 bridgehead atoms. The highest BCUT2D eigenvalue weighted by Crippen LogP contribution is 2.31. The number of aromatic nitrogens is 1. The molecular weight excluding hydrogens is 256 g/mol. The number of hydrogen-bond donors (Lipinski definition) is 1. The largest absolute Gasteiger partial charge is 0.354 e. The molecule has 0 saturated carbocycles. The van der Waals surface area contributed by atoms with Gasteiger partial charge in [0.15, 0.2) is 0 Å².